The molecule has 1 saturated carbocycles. The van der Waals surface area contributed by atoms with Gasteiger partial charge in [0.15, 0.2) is 5.78 Å². The Labute approximate surface area is 133 Å². The Hall–Kier alpha value is -1.35. The van der Waals surface area contributed by atoms with Crippen molar-refractivity contribution in [3.63, 3.8) is 0 Å². The lowest BCUT2D eigenvalue weighted by molar-refractivity contribution is -0.125. The van der Waals surface area contributed by atoms with Gasteiger partial charge in [-0.15, -0.1) is 0 Å². The third-order valence-corrected chi connectivity index (χ3v) is 5.08. The van der Waals surface area contributed by atoms with Gasteiger partial charge in [0.1, 0.15) is 12.4 Å². The molecule has 2 aromatic carbocycles. The van der Waals surface area contributed by atoms with Crippen LogP contribution in [0.25, 0.3) is 10.8 Å². The molecule has 0 spiro atoms. The summed E-state index contributed by atoms with van der Waals surface area (Å²) in [5.74, 6) is 1.20. The number of fused-ring (bicyclic) bond motifs is 1. The van der Waals surface area contributed by atoms with Crippen LogP contribution in [0.1, 0.15) is 32.1 Å². The molecule has 0 amide bonds. The number of Topliss-reactive ketones (excluding diaryl/α,β-unsaturated/α-hetero) is 1. The van der Waals surface area contributed by atoms with E-state index in [4.69, 9.17) is 4.74 Å². The van der Waals surface area contributed by atoms with Crippen molar-refractivity contribution in [1.82, 2.24) is 0 Å². The van der Waals surface area contributed by atoms with Gasteiger partial charge in [-0.3, -0.25) is 4.79 Å². The summed E-state index contributed by atoms with van der Waals surface area (Å²) in [7, 11) is 0. The Kier molecular flexibility index (Phi) is 4.59. The van der Waals surface area contributed by atoms with Gasteiger partial charge in [0.25, 0.3) is 0 Å². The van der Waals surface area contributed by atoms with Gasteiger partial charge in [-0.25, -0.2) is 0 Å². The molecular formula is C18H19BrO2. The van der Waals surface area contributed by atoms with E-state index in [1.54, 1.807) is 0 Å². The van der Waals surface area contributed by atoms with Gasteiger partial charge in [-0.05, 0) is 45.6 Å². The molecule has 0 radical (unpaired) electrons. The second-order valence-electron chi connectivity index (χ2n) is 5.69. The van der Waals surface area contributed by atoms with Gasteiger partial charge < -0.3 is 4.74 Å². The Morgan fingerprint density at radius 1 is 1.10 bits per heavy atom. The van der Waals surface area contributed by atoms with E-state index < -0.39 is 0 Å². The lowest BCUT2D eigenvalue weighted by Gasteiger charge is -2.20. The largest absolute Gasteiger partial charge is 0.485 e. The van der Waals surface area contributed by atoms with Crippen LogP contribution < -0.4 is 4.74 Å². The monoisotopic (exact) mass is 346 g/mol. The van der Waals surface area contributed by atoms with E-state index in [0.717, 1.165) is 33.8 Å². The number of carbonyl (C=O) groups is 1. The van der Waals surface area contributed by atoms with Crippen molar-refractivity contribution in [3.8, 4) is 5.75 Å². The summed E-state index contributed by atoms with van der Waals surface area (Å²) in [6.07, 6.45) is 5.68. The standard InChI is InChI=1S/C18H19BrO2/c19-18-15-9-5-4-6-13(15)10-11-17(18)21-12-16(20)14-7-2-1-3-8-14/h4-6,9-11,14H,1-3,7-8,12H2. The molecule has 1 aliphatic rings. The fourth-order valence-corrected chi connectivity index (χ4v) is 3.62. The van der Waals surface area contributed by atoms with E-state index in [1.807, 2.05) is 24.3 Å². The molecule has 1 aliphatic carbocycles. The molecule has 0 atom stereocenters. The zero-order valence-corrected chi connectivity index (χ0v) is 13.6. The molecule has 0 unspecified atom stereocenters. The highest BCUT2D eigenvalue weighted by Crippen LogP contribution is 2.33. The van der Waals surface area contributed by atoms with Crippen molar-refractivity contribution >= 4 is 32.5 Å². The molecule has 0 N–H and O–H groups in total. The molecule has 2 aromatic rings. The Morgan fingerprint density at radius 3 is 2.67 bits per heavy atom. The van der Waals surface area contributed by atoms with Gasteiger partial charge in [0.05, 0.1) is 4.47 Å². The van der Waals surface area contributed by atoms with Crippen LogP contribution in [-0.4, -0.2) is 12.4 Å². The van der Waals surface area contributed by atoms with Crippen molar-refractivity contribution in [2.75, 3.05) is 6.61 Å². The number of halogens is 1. The lowest BCUT2D eigenvalue weighted by Crippen LogP contribution is -2.23. The number of benzene rings is 2. The summed E-state index contributed by atoms with van der Waals surface area (Å²) in [5.41, 5.74) is 0. The molecule has 3 rings (SSSR count). The van der Waals surface area contributed by atoms with E-state index in [2.05, 4.69) is 28.1 Å². The summed E-state index contributed by atoms with van der Waals surface area (Å²) in [6.45, 7) is 0.182. The topological polar surface area (TPSA) is 26.3 Å². The quantitative estimate of drug-likeness (QED) is 0.766. The summed E-state index contributed by atoms with van der Waals surface area (Å²) < 4.78 is 6.69. The first-order valence-electron chi connectivity index (χ1n) is 7.58. The van der Waals surface area contributed by atoms with Crippen LogP contribution >= 0.6 is 15.9 Å². The van der Waals surface area contributed by atoms with Crippen molar-refractivity contribution in [3.05, 3.63) is 40.9 Å². The molecule has 110 valence electrons. The van der Waals surface area contributed by atoms with E-state index in [9.17, 15) is 4.79 Å². The maximum atomic E-state index is 12.2. The number of ketones is 1. The second-order valence-corrected chi connectivity index (χ2v) is 6.48. The number of carbonyl (C=O) groups excluding carboxylic acids is 1. The number of rotatable bonds is 4. The summed E-state index contributed by atoms with van der Waals surface area (Å²) in [6, 6.07) is 12.1. The SMILES string of the molecule is O=C(COc1ccc2ccccc2c1Br)C1CCCCC1. The summed E-state index contributed by atoms with van der Waals surface area (Å²) >= 11 is 3.59. The second kappa shape index (κ2) is 6.61. The lowest BCUT2D eigenvalue weighted by atomic mass is 9.86. The van der Waals surface area contributed by atoms with Crippen LogP contribution in [0.3, 0.4) is 0 Å². The van der Waals surface area contributed by atoms with Crippen molar-refractivity contribution in [2.24, 2.45) is 5.92 Å². The fraction of sp³-hybridized carbons (Fsp3) is 0.389. The van der Waals surface area contributed by atoms with Crippen molar-refractivity contribution in [2.45, 2.75) is 32.1 Å². The predicted molar refractivity (Wildman–Crippen MR) is 88.7 cm³/mol. The number of hydrogen-bond acceptors (Lipinski definition) is 2. The average Bonchev–Trinajstić information content (AvgIpc) is 2.55. The zero-order valence-electron chi connectivity index (χ0n) is 12.0. The number of ether oxygens (including phenoxy) is 1. The normalized spacial score (nSPS) is 16.0. The molecule has 2 nitrogen and oxygen atoms in total. The van der Waals surface area contributed by atoms with E-state index in [0.29, 0.717) is 0 Å². The minimum atomic E-state index is 0.182. The van der Waals surface area contributed by atoms with Crippen molar-refractivity contribution in [1.29, 1.82) is 0 Å². The maximum absolute atomic E-state index is 12.2. The molecule has 21 heavy (non-hydrogen) atoms. The third kappa shape index (κ3) is 3.29. The minimum Gasteiger partial charge on any atom is -0.485 e. The van der Waals surface area contributed by atoms with Crippen LogP contribution in [0, 0.1) is 5.92 Å². The van der Waals surface area contributed by atoms with E-state index in [-0.39, 0.29) is 18.3 Å². The number of hydrogen-bond donors (Lipinski definition) is 0. The van der Waals surface area contributed by atoms with Gasteiger partial charge >= 0.3 is 0 Å². The molecule has 0 aliphatic heterocycles. The van der Waals surface area contributed by atoms with Gasteiger partial charge in [-0.1, -0.05) is 49.6 Å². The molecule has 1 fully saturated rings. The van der Waals surface area contributed by atoms with Crippen molar-refractivity contribution < 1.29 is 9.53 Å². The Morgan fingerprint density at radius 2 is 1.86 bits per heavy atom. The molecule has 0 aromatic heterocycles. The van der Waals surface area contributed by atoms with Gasteiger partial charge in [-0.2, -0.15) is 0 Å². The zero-order chi connectivity index (χ0) is 14.7. The van der Waals surface area contributed by atoms with Crippen LogP contribution in [0.2, 0.25) is 0 Å². The Bertz CT molecular complexity index is 645. The van der Waals surface area contributed by atoms with Crippen LogP contribution in [0.5, 0.6) is 5.75 Å². The highest BCUT2D eigenvalue weighted by molar-refractivity contribution is 9.10. The molecule has 0 heterocycles. The molecule has 0 saturated heterocycles. The predicted octanol–water partition coefficient (Wildman–Crippen LogP) is 5.13. The highest BCUT2D eigenvalue weighted by atomic mass is 79.9. The molecular weight excluding hydrogens is 328 g/mol. The third-order valence-electron chi connectivity index (χ3n) is 4.26. The molecule has 0 bridgehead atoms. The first-order valence-corrected chi connectivity index (χ1v) is 8.38. The van der Waals surface area contributed by atoms with E-state index in [1.165, 1.54) is 19.3 Å². The van der Waals surface area contributed by atoms with Gasteiger partial charge in [0.2, 0.25) is 0 Å². The summed E-state index contributed by atoms with van der Waals surface area (Å²) in [5, 5.41) is 2.27. The minimum absolute atomic E-state index is 0.182. The highest BCUT2D eigenvalue weighted by Gasteiger charge is 2.21. The first-order chi connectivity index (χ1) is 10.3. The van der Waals surface area contributed by atoms with Crippen LogP contribution in [-0.2, 0) is 4.79 Å². The average molecular weight is 347 g/mol. The smallest absolute Gasteiger partial charge is 0.173 e. The van der Waals surface area contributed by atoms with Crippen LogP contribution in [0.15, 0.2) is 40.9 Å². The molecule has 3 heteroatoms. The Balaban J connectivity index is 1.70. The summed E-state index contributed by atoms with van der Waals surface area (Å²) in [4.78, 5) is 12.2. The first kappa shape index (κ1) is 14.6. The van der Waals surface area contributed by atoms with Gasteiger partial charge in [0, 0.05) is 5.92 Å². The maximum Gasteiger partial charge on any atom is 0.173 e. The van der Waals surface area contributed by atoms with E-state index >= 15 is 0 Å². The van der Waals surface area contributed by atoms with Crippen LogP contribution in [0.4, 0.5) is 0 Å². The fourth-order valence-electron chi connectivity index (χ4n) is 3.02.